The lowest BCUT2D eigenvalue weighted by atomic mass is 10.2. The van der Waals surface area contributed by atoms with Crippen LogP contribution in [0.15, 0.2) is 59.5 Å². The van der Waals surface area contributed by atoms with Crippen LogP contribution >= 0.6 is 0 Å². The second-order valence-corrected chi connectivity index (χ2v) is 9.15. The van der Waals surface area contributed by atoms with Crippen molar-refractivity contribution in [2.45, 2.75) is 32.6 Å². The molecule has 0 aliphatic heterocycles. The van der Waals surface area contributed by atoms with E-state index in [1.807, 2.05) is 19.9 Å². The number of ether oxygens (including phenoxy) is 2. The van der Waals surface area contributed by atoms with E-state index in [1.54, 1.807) is 38.1 Å². The van der Waals surface area contributed by atoms with Gasteiger partial charge in [-0.3, -0.25) is 9.52 Å². The largest absolute Gasteiger partial charge is 0.490 e. The Morgan fingerprint density at radius 2 is 1.63 bits per heavy atom. The van der Waals surface area contributed by atoms with Gasteiger partial charge >= 0.3 is 0 Å². The summed E-state index contributed by atoms with van der Waals surface area (Å²) in [5.74, 6) is 1.55. The fraction of sp³-hybridized carbons (Fsp3) is 0.240. The zero-order valence-electron chi connectivity index (χ0n) is 20.0. The quantitative estimate of drug-likeness (QED) is 0.401. The van der Waals surface area contributed by atoms with E-state index in [-0.39, 0.29) is 16.6 Å². The predicted octanol–water partition coefficient (Wildman–Crippen LogP) is 4.34. The molecule has 0 bridgehead atoms. The monoisotopic (exact) mass is 496 g/mol. The molecule has 0 atom stereocenters. The van der Waals surface area contributed by atoms with Crippen molar-refractivity contribution in [1.82, 2.24) is 9.97 Å². The van der Waals surface area contributed by atoms with E-state index >= 15 is 0 Å². The molecular formula is C25H28N4O5S. The smallest absolute Gasteiger partial charge is 0.263 e. The molecule has 0 saturated carbocycles. The molecule has 2 aromatic carbocycles. The van der Waals surface area contributed by atoms with Crippen LogP contribution in [0.4, 0.5) is 11.5 Å². The predicted molar refractivity (Wildman–Crippen MR) is 135 cm³/mol. The molecule has 0 fully saturated rings. The standard InChI is InChI=1S/C25H28N4O5S/c1-5-33-22-13-7-19(16-23(22)34-6-2)8-14-25(30)28-20-9-11-21(12-10-20)35(31,32)29-24-15-17(3)26-18(4)27-24/h7-16H,5-6H2,1-4H3,(H,28,30)(H,26,27,29). The molecule has 2 N–H and O–H groups in total. The summed E-state index contributed by atoms with van der Waals surface area (Å²) >= 11 is 0. The minimum Gasteiger partial charge on any atom is -0.490 e. The van der Waals surface area contributed by atoms with E-state index in [1.165, 1.54) is 30.3 Å². The maximum absolute atomic E-state index is 12.7. The summed E-state index contributed by atoms with van der Waals surface area (Å²) in [6, 6.07) is 12.8. The maximum atomic E-state index is 12.7. The molecule has 0 radical (unpaired) electrons. The van der Waals surface area contributed by atoms with Crippen LogP contribution in [0, 0.1) is 13.8 Å². The normalized spacial score (nSPS) is 11.3. The van der Waals surface area contributed by atoms with Gasteiger partial charge in [-0.1, -0.05) is 6.07 Å². The van der Waals surface area contributed by atoms with Gasteiger partial charge in [-0.2, -0.15) is 0 Å². The Kier molecular flexibility index (Phi) is 8.43. The molecular weight excluding hydrogens is 468 g/mol. The highest BCUT2D eigenvalue weighted by molar-refractivity contribution is 7.92. The second-order valence-electron chi connectivity index (χ2n) is 7.47. The van der Waals surface area contributed by atoms with Crippen molar-refractivity contribution in [2.24, 2.45) is 0 Å². The lowest BCUT2D eigenvalue weighted by Crippen LogP contribution is -2.15. The molecule has 3 rings (SSSR count). The summed E-state index contributed by atoms with van der Waals surface area (Å²) in [6.45, 7) is 8.24. The third-order valence-electron chi connectivity index (χ3n) is 4.63. The van der Waals surface area contributed by atoms with Gasteiger partial charge in [0.2, 0.25) is 5.91 Å². The molecule has 0 saturated heterocycles. The Morgan fingerprint density at radius 3 is 2.29 bits per heavy atom. The highest BCUT2D eigenvalue weighted by Crippen LogP contribution is 2.29. The van der Waals surface area contributed by atoms with Crippen LogP contribution in [0.3, 0.4) is 0 Å². The Balaban J connectivity index is 1.65. The molecule has 1 heterocycles. The van der Waals surface area contributed by atoms with Gasteiger partial charge in [0, 0.05) is 23.5 Å². The molecule has 184 valence electrons. The minimum absolute atomic E-state index is 0.0396. The first-order chi connectivity index (χ1) is 16.7. The van der Waals surface area contributed by atoms with Gasteiger partial charge in [-0.05, 0) is 75.7 Å². The number of sulfonamides is 1. The number of aryl methyl sites for hydroxylation is 2. The van der Waals surface area contributed by atoms with Crippen LogP contribution < -0.4 is 19.5 Å². The summed E-state index contributed by atoms with van der Waals surface area (Å²) in [6.07, 6.45) is 3.04. The number of anilines is 2. The van der Waals surface area contributed by atoms with Crippen molar-refractivity contribution in [3.05, 3.63) is 71.7 Å². The number of nitrogens with one attached hydrogen (secondary N) is 2. The zero-order chi connectivity index (χ0) is 25.4. The molecule has 0 aliphatic carbocycles. The van der Waals surface area contributed by atoms with Crippen molar-refractivity contribution >= 4 is 33.5 Å². The first kappa shape index (κ1) is 25.7. The fourth-order valence-corrected chi connectivity index (χ4v) is 4.20. The van der Waals surface area contributed by atoms with Crippen molar-refractivity contribution in [3.63, 3.8) is 0 Å². The molecule has 3 aromatic rings. The van der Waals surface area contributed by atoms with E-state index < -0.39 is 10.0 Å². The average Bonchev–Trinajstić information content (AvgIpc) is 2.79. The van der Waals surface area contributed by atoms with E-state index in [0.717, 1.165) is 5.56 Å². The SMILES string of the molecule is CCOc1ccc(C=CC(=O)Nc2ccc(S(=O)(=O)Nc3cc(C)nc(C)n3)cc2)cc1OCC. The van der Waals surface area contributed by atoms with Gasteiger partial charge in [0.05, 0.1) is 18.1 Å². The van der Waals surface area contributed by atoms with Crippen LogP contribution in [0.1, 0.15) is 30.9 Å². The van der Waals surface area contributed by atoms with Crippen molar-refractivity contribution in [1.29, 1.82) is 0 Å². The molecule has 10 heteroatoms. The van der Waals surface area contributed by atoms with Gasteiger partial charge in [0.1, 0.15) is 11.6 Å². The van der Waals surface area contributed by atoms with Crippen LogP contribution in [-0.2, 0) is 14.8 Å². The summed E-state index contributed by atoms with van der Waals surface area (Å²) in [5.41, 5.74) is 1.88. The van der Waals surface area contributed by atoms with Crippen molar-refractivity contribution in [2.75, 3.05) is 23.3 Å². The van der Waals surface area contributed by atoms with Crippen LogP contribution in [0.5, 0.6) is 11.5 Å². The number of hydrogen-bond acceptors (Lipinski definition) is 7. The minimum atomic E-state index is -3.84. The Hall–Kier alpha value is -3.92. The van der Waals surface area contributed by atoms with Crippen molar-refractivity contribution < 1.29 is 22.7 Å². The summed E-state index contributed by atoms with van der Waals surface area (Å²) < 4.78 is 38.9. The third-order valence-corrected chi connectivity index (χ3v) is 6.00. The number of hydrogen-bond donors (Lipinski definition) is 2. The fourth-order valence-electron chi connectivity index (χ4n) is 3.21. The number of carbonyl (C=O) groups is 1. The van der Waals surface area contributed by atoms with Crippen LogP contribution in [-0.4, -0.2) is 37.5 Å². The molecule has 35 heavy (non-hydrogen) atoms. The number of aromatic nitrogens is 2. The van der Waals surface area contributed by atoms with Gasteiger partial charge in [-0.25, -0.2) is 18.4 Å². The lowest BCUT2D eigenvalue weighted by molar-refractivity contribution is -0.111. The van der Waals surface area contributed by atoms with Crippen LogP contribution in [0.25, 0.3) is 6.08 Å². The number of rotatable bonds is 10. The first-order valence-corrected chi connectivity index (χ1v) is 12.5. The van der Waals surface area contributed by atoms with E-state index in [0.29, 0.717) is 41.9 Å². The Bertz CT molecular complexity index is 1300. The molecule has 1 aromatic heterocycles. The first-order valence-electron chi connectivity index (χ1n) is 11.0. The van der Waals surface area contributed by atoms with E-state index in [2.05, 4.69) is 20.0 Å². The Labute approximate surface area is 205 Å². The highest BCUT2D eigenvalue weighted by atomic mass is 32.2. The summed E-state index contributed by atoms with van der Waals surface area (Å²) in [7, 11) is -3.84. The number of nitrogens with zero attached hydrogens (tertiary/aromatic N) is 2. The summed E-state index contributed by atoms with van der Waals surface area (Å²) in [4.78, 5) is 20.6. The van der Waals surface area contributed by atoms with Crippen molar-refractivity contribution in [3.8, 4) is 11.5 Å². The van der Waals surface area contributed by atoms with E-state index in [9.17, 15) is 13.2 Å². The number of carbonyl (C=O) groups excluding carboxylic acids is 1. The second kappa shape index (κ2) is 11.5. The van der Waals surface area contributed by atoms with Gasteiger partial charge in [0.15, 0.2) is 11.5 Å². The van der Waals surface area contributed by atoms with E-state index in [4.69, 9.17) is 9.47 Å². The van der Waals surface area contributed by atoms with Gasteiger partial charge < -0.3 is 14.8 Å². The zero-order valence-corrected chi connectivity index (χ0v) is 20.8. The third kappa shape index (κ3) is 7.28. The molecule has 0 spiro atoms. The van der Waals surface area contributed by atoms with Gasteiger partial charge in [-0.15, -0.1) is 0 Å². The molecule has 9 nitrogen and oxygen atoms in total. The number of amides is 1. The number of benzene rings is 2. The average molecular weight is 497 g/mol. The summed E-state index contributed by atoms with van der Waals surface area (Å²) in [5, 5.41) is 2.71. The maximum Gasteiger partial charge on any atom is 0.263 e. The molecule has 1 amide bonds. The Morgan fingerprint density at radius 1 is 0.943 bits per heavy atom. The molecule has 0 unspecified atom stereocenters. The van der Waals surface area contributed by atoms with Gasteiger partial charge in [0.25, 0.3) is 10.0 Å². The lowest BCUT2D eigenvalue weighted by Gasteiger charge is -2.11. The molecule has 0 aliphatic rings. The topological polar surface area (TPSA) is 120 Å². The van der Waals surface area contributed by atoms with Crippen LogP contribution in [0.2, 0.25) is 0 Å². The highest BCUT2D eigenvalue weighted by Gasteiger charge is 2.15.